The average Bonchev–Trinajstić information content (AvgIpc) is 2.28. The van der Waals surface area contributed by atoms with Gasteiger partial charge in [-0.1, -0.05) is 6.92 Å². The Morgan fingerprint density at radius 2 is 1.94 bits per heavy atom. The number of carbonyl (C=O) groups is 2. The van der Waals surface area contributed by atoms with Gasteiger partial charge in [0.1, 0.15) is 0 Å². The number of carbonyl (C=O) groups excluding carboxylic acids is 1. The third-order valence-electron chi connectivity index (χ3n) is 2.27. The number of carboxylic acid groups (broad SMARTS) is 1. The first-order chi connectivity index (χ1) is 8.19. The fraction of sp³-hybridized carbons (Fsp3) is 0.778. The van der Waals surface area contributed by atoms with Crippen molar-refractivity contribution < 1.29 is 23.1 Å². The smallest absolute Gasteiger partial charge is 0.317 e. The Morgan fingerprint density at radius 1 is 1.39 bits per heavy atom. The van der Waals surface area contributed by atoms with Crippen molar-refractivity contribution in [2.75, 3.05) is 32.9 Å². The van der Waals surface area contributed by atoms with Gasteiger partial charge in [0.25, 0.3) is 0 Å². The summed E-state index contributed by atoms with van der Waals surface area (Å²) in [4.78, 5) is 23.3. The molecule has 0 rings (SSSR count). The van der Waals surface area contributed by atoms with Crippen molar-refractivity contribution in [3.05, 3.63) is 0 Å². The summed E-state index contributed by atoms with van der Waals surface area (Å²) < 4.78 is 24.2. The number of nitrogens with zero attached hydrogens (tertiary/aromatic N) is 1. The van der Waals surface area contributed by atoms with Crippen LogP contribution in [0.2, 0.25) is 0 Å². The van der Waals surface area contributed by atoms with Crippen LogP contribution in [0.4, 0.5) is 4.79 Å². The van der Waals surface area contributed by atoms with Crippen molar-refractivity contribution in [2.45, 2.75) is 6.92 Å². The lowest BCUT2D eigenvalue weighted by atomic mass is 10.2. The molecule has 18 heavy (non-hydrogen) atoms. The zero-order valence-electron chi connectivity index (χ0n) is 10.6. The number of rotatable bonds is 7. The minimum atomic E-state index is -3.35. The first-order valence-electron chi connectivity index (χ1n) is 5.32. The molecule has 0 radical (unpaired) electrons. The molecule has 0 saturated heterocycles. The molecule has 0 spiro atoms. The van der Waals surface area contributed by atoms with Gasteiger partial charge in [0.2, 0.25) is 10.0 Å². The molecule has 1 unspecified atom stereocenters. The maximum Gasteiger partial charge on any atom is 0.317 e. The number of urea groups is 1. The van der Waals surface area contributed by atoms with Crippen molar-refractivity contribution in [3.63, 3.8) is 0 Å². The fourth-order valence-corrected chi connectivity index (χ4v) is 1.68. The van der Waals surface area contributed by atoms with Gasteiger partial charge in [-0.05, 0) is 7.05 Å². The Balaban J connectivity index is 4.07. The summed E-state index contributed by atoms with van der Waals surface area (Å²) >= 11 is 0. The van der Waals surface area contributed by atoms with E-state index < -0.39 is 27.9 Å². The predicted molar refractivity (Wildman–Crippen MR) is 65.7 cm³/mol. The molecule has 0 bridgehead atoms. The lowest BCUT2D eigenvalue weighted by Crippen LogP contribution is -2.42. The maximum atomic E-state index is 11.5. The molecule has 1 atom stereocenters. The molecule has 0 fully saturated rings. The molecular weight excluding hydrogens is 262 g/mol. The van der Waals surface area contributed by atoms with Crippen molar-refractivity contribution in [3.8, 4) is 0 Å². The highest BCUT2D eigenvalue weighted by Gasteiger charge is 2.17. The summed E-state index contributed by atoms with van der Waals surface area (Å²) in [5, 5.41) is 11.1. The normalized spacial score (nSPS) is 12.8. The molecule has 2 amide bonds. The monoisotopic (exact) mass is 281 g/mol. The lowest BCUT2D eigenvalue weighted by Gasteiger charge is -2.19. The van der Waals surface area contributed by atoms with Crippen LogP contribution >= 0.6 is 0 Å². The molecule has 106 valence electrons. The highest BCUT2D eigenvalue weighted by atomic mass is 32.2. The van der Waals surface area contributed by atoms with Crippen LogP contribution in [0.3, 0.4) is 0 Å². The first-order valence-corrected chi connectivity index (χ1v) is 6.98. The second-order valence-electron chi connectivity index (χ2n) is 3.87. The van der Waals surface area contributed by atoms with Gasteiger partial charge < -0.3 is 15.3 Å². The van der Waals surface area contributed by atoms with Gasteiger partial charge in [0.05, 0.1) is 11.7 Å². The van der Waals surface area contributed by atoms with E-state index in [1.54, 1.807) is 0 Å². The van der Waals surface area contributed by atoms with Gasteiger partial charge in [-0.15, -0.1) is 0 Å². The highest BCUT2D eigenvalue weighted by molar-refractivity contribution is 7.89. The van der Waals surface area contributed by atoms with Crippen molar-refractivity contribution in [1.82, 2.24) is 14.9 Å². The molecule has 0 aliphatic rings. The van der Waals surface area contributed by atoms with Crippen LogP contribution < -0.4 is 10.0 Å². The zero-order valence-corrected chi connectivity index (χ0v) is 11.5. The van der Waals surface area contributed by atoms with Crippen molar-refractivity contribution in [1.29, 1.82) is 0 Å². The topological polar surface area (TPSA) is 116 Å². The van der Waals surface area contributed by atoms with Crippen LogP contribution in [-0.4, -0.2) is 63.4 Å². The fourth-order valence-electron chi connectivity index (χ4n) is 1.10. The molecule has 0 aliphatic carbocycles. The minimum absolute atomic E-state index is 0.0339. The van der Waals surface area contributed by atoms with E-state index in [0.29, 0.717) is 0 Å². The number of nitrogens with one attached hydrogen (secondary N) is 2. The van der Waals surface area contributed by atoms with Crippen LogP contribution in [-0.2, 0) is 14.8 Å². The van der Waals surface area contributed by atoms with Crippen molar-refractivity contribution >= 4 is 22.0 Å². The summed E-state index contributed by atoms with van der Waals surface area (Å²) in [5.74, 6) is -1.90. The second-order valence-corrected chi connectivity index (χ2v) is 5.92. The van der Waals surface area contributed by atoms with E-state index in [1.807, 2.05) is 0 Å². The molecule has 3 N–H and O–H groups in total. The molecule has 0 aliphatic heterocycles. The molecule has 8 nitrogen and oxygen atoms in total. The summed E-state index contributed by atoms with van der Waals surface area (Å²) in [6.45, 7) is 1.51. The molecular formula is C9H19N3O5S. The van der Waals surface area contributed by atoms with E-state index in [2.05, 4.69) is 10.0 Å². The highest BCUT2D eigenvalue weighted by Crippen LogP contribution is 1.98. The SMILES string of the molecule is CNS(=O)(=O)CCNC(=O)N(C)CC(C)C(=O)O. The van der Waals surface area contributed by atoms with Gasteiger partial charge >= 0.3 is 12.0 Å². The molecule has 0 heterocycles. The number of hydrogen-bond acceptors (Lipinski definition) is 4. The summed E-state index contributed by atoms with van der Waals surface area (Å²) in [6.07, 6.45) is 0. The van der Waals surface area contributed by atoms with Crippen molar-refractivity contribution in [2.24, 2.45) is 5.92 Å². The van der Waals surface area contributed by atoms with Gasteiger partial charge in [-0.25, -0.2) is 17.9 Å². The molecule has 0 aromatic heterocycles. The summed E-state index contributed by atoms with van der Waals surface area (Å²) in [5.41, 5.74) is 0. The molecule has 0 aromatic rings. The van der Waals surface area contributed by atoms with E-state index >= 15 is 0 Å². The molecule has 0 saturated carbocycles. The standard InChI is InChI=1S/C9H19N3O5S/c1-7(8(13)14)6-12(3)9(15)11-4-5-18(16,17)10-2/h7,10H,4-6H2,1-3H3,(H,11,15)(H,13,14). The summed E-state index contributed by atoms with van der Waals surface area (Å²) in [6, 6.07) is -0.505. The quantitative estimate of drug-likeness (QED) is 0.547. The largest absolute Gasteiger partial charge is 0.481 e. The molecule has 9 heteroatoms. The Labute approximate surface area is 106 Å². The third-order valence-corrected chi connectivity index (χ3v) is 3.64. The summed E-state index contributed by atoms with van der Waals surface area (Å²) in [7, 11) is -0.619. The van der Waals surface area contributed by atoms with Crippen LogP contribution in [0.5, 0.6) is 0 Å². The van der Waals surface area contributed by atoms with E-state index in [9.17, 15) is 18.0 Å². The lowest BCUT2D eigenvalue weighted by molar-refractivity contribution is -0.141. The van der Waals surface area contributed by atoms with E-state index in [0.717, 1.165) is 0 Å². The number of carboxylic acids is 1. The average molecular weight is 281 g/mol. The number of sulfonamides is 1. The Morgan fingerprint density at radius 3 is 2.39 bits per heavy atom. The number of hydrogen-bond donors (Lipinski definition) is 3. The van der Waals surface area contributed by atoms with Gasteiger partial charge in [-0.2, -0.15) is 0 Å². The van der Waals surface area contributed by atoms with Gasteiger partial charge in [-0.3, -0.25) is 4.79 Å². The Kier molecular flexibility index (Phi) is 6.63. The maximum absolute atomic E-state index is 11.5. The zero-order chi connectivity index (χ0) is 14.3. The Hall–Kier alpha value is -1.35. The van der Waals surface area contributed by atoms with Gasteiger partial charge in [0.15, 0.2) is 0 Å². The molecule has 0 aromatic carbocycles. The second kappa shape index (κ2) is 7.17. The van der Waals surface area contributed by atoms with Crippen LogP contribution in [0.1, 0.15) is 6.92 Å². The first kappa shape index (κ1) is 16.6. The third kappa shape index (κ3) is 6.40. The van der Waals surface area contributed by atoms with Crippen LogP contribution in [0.15, 0.2) is 0 Å². The van der Waals surface area contributed by atoms with E-state index in [-0.39, 0.29) is 18.8 Å². The van der Waals surface area contributed by atoms with Crippen LogP contribution in [0, 0.1) is 5.92 Å². The Bertz CT molecular complexity index is 395. The van der Waals surface area contributed by atoms with E-state index in [4.69, 9.17) is 5.11 Å². The van der Waals surface area contributed by atoms with E-state index in [1.165, 1.54) is 25.9 Å². The van der Waals surface area contributed by atoms with Crippen LogP contribution in [0.25, 0.3) is 0 Å². The minimum Gasteiger partial charge on any atom is -0.481 e. The van der Waals surface area contributed by atoms with Gasteiger partial charge in [0, 0.05) is 20.1 Å². The predicted octanol–water partition coefficient (Wildman–Crippen LogP) is -1.10. The number of aliphatic carboxylic acids is 1. The number of amides is 2.